The Balaban J connectivity index is 1.74. The van der Waals surface area contributed by atoms with Gasteiger partial charge < -0.3 is 0 Å². The molecule has 0 aliphatic carbocycles. The summed E-state index contributed by atoms with van der Waals surface area (Å²) in [7, 11) is 0. The SMILES string of the molecule is Cc1nnc(SCc2ccccc2)n1NC(=O)c1cccc(F)c1. The zero-order chi connectivity index (χ0) is 16.9. The van der Waals surface area contributed by atoms with Crippen LogP contribution in [-0.4, -0.2) is 20.8 Å². The maximum atomic E-state index is 13.3. The highest BCUT2D eigenvalue weighted by atomic mass is 32.2. The normalized spacial score (nSPS) is 10.6. The highest BCUT2D eigenvalue weighted by Crippen LogP contribution is 2.21. The average Bonchev–Trinajstić information content (AvgIpc) is 2.94. The molecule has 0 fully saturated rings. The zero-order valence-electron chi connectivity index (χ0n) is 12.9. The van der Waals surface area contributed by atoms with Gasteiger partial charge >= 0.3 is 0 Å². The molecule has 0 bridgehead atoms. The van der Waals surface area contributed by atoms with Crippen LogP contribution in [0.15, 0.2) is 59.8 Å². The summed E-state index contributed by atoms with van der Waals surface area (Å²) in [5.74, 6) is 0.380. The van der Waals surface area contributed by atoms with E-state index in [4.69, 9.17) is 0 Å². The fourth-order valence-corrected chi connectivity index (χ4v) is 2.98. The number of aromatic nitrogens is 3. The molecule has 0 saturated carbocycles. The lowest BCUT2D eigenvalue weighted by Crippen LogP contribution is -2.24. The predicted octanol–water partition coefficient (Wildman–Crippen LogP) is 3.40. The Hall–Kier alpha value is -2.67. The Morgan fingerprint density at radius 2 is 1.96 bits per heavy atom. The number of aryl methyl sites for hydroxylation is 1. The van der Waals surface area contributed by atoms with Gasteiger partial charge in [-0.2, -0.15) is 0 Å². The molecule has 5 nitrogen and oxygen atoms in total. The van der Waals surface area contributed by atoms with E-state index in [0.29, 0.717) is 16.7 Å². The molecule has 1 aromatic heterocycles. The quantitative estimate of drug-likeness (QED) is 0.722. The van der Waals surface area contributed by atoms with Crippen molar-refractivity contribution in [2.24, 2.45) is 0 Å². The molecule has 2 aromatic carbocycles. The van der Waals surface area contributed by atoms with E-state index in [2.05, 4.69) is 15.6 Å². The molecule has 24 heavy (non-hydrogen) atoms. The summed E-state index contributed by atoms with van der Waals surface area (Å²) in [6.45, 7) is 1.74. The van der Waals surface area contributed by atoms with Gasteiger partial charge in [-0.1, -0.05) is 48.2 Å². The highest BCUT2D eigenvalue weighted by Gasteiger charge is 2.14. The Kier molecular flexibility index (Phi) is 4.90. The number of halogens is 1. The molecular weight excluding hydrogens is 327 g/mol. The van der Waals surface area contributed by atoms with Gasteiger partial charge in [-0.3, -0.25) is 10.2 Å². The van der Waals surface area contributed by atoms with Crippen LogP contribution in [0.2, 0.25) is 0 Å². The molecule has 0 aliphatic rings. The van der Waals surface area contributed by atoms with Crippen LogP contribution >= 0.6 is 11.8 Å². The van der Waals surface area contributed by atoms with Crippen LogP contribution in [0.4, 0.5) is 4.39 Å². The van der Waals surface area contributed by atoms with Gasteiger partial charge in [0.2, 0.25) is 5.16 Å². The second kappa shape index (κ2) is 7.27. The summed E-state index contributed by atoms with van der Waals surface area (Å²) in [5.41, 5.74) is 4.09. The molecule has 1 amide bonds. The molecule has 0 unspecified atom stereocenters. The summed E-state index contributed by atoms with van der Waals surface area (Å²) in [6.07, 6.45) is 0. The van der Waals surface area contributed by atoms with Crippen molar-refractivity contribution < 1.29 is 9.18 Å². The summed E-state index contributed by atoms with van der Waals surface area (Å²) >= 11 is 1.46. The number of rotatable bonds is 5. The number of hydrogen-bond acceptors (Lipinski definition) is 4. The fourth-order valence-electron chi connectivity index (χ4n) is 2.08. The fraction of sp³-hybridized carbons (Fsp3) is 0.118. The number of carbonyl (C=O) groups excluding carboxylic acids is 1. The van der Waals surface area contributed by atoms with Gasteiger partial charge in [-0.25, -0.2) is 9.07 Å². The van der Waals surface area contributed by atoms with Gasteiger partial charge in [-0.15, -0.1) is 10.2 Å². The summed E-state index contributed by atoms with van der Waals surface area (Å²) in [4.78, 5) is 12.3. The molecule has 122 valence electrons. The maximum Gasteiger partial charge on any atom is 0.270 e. The first kappa shape index (κ1) is 16.2. The number of amides is 1. The van der Waals surface area contributed by atoms with Crippen molar-refractivity contribution >= 4 is 17.7 Å². The molecule has 0 radical (unpaired) electrons. The number of hydrogen-bond donors (Lipinski definition) is 1. The van der Waals surface area contributed by atoms with Crippen LogP contribution in [0, 0.1) is 12.7 Å². The number of nitrogens with one attached hydrogen (secondary N) is 1. The van der Waals surface area contributed by atoms with E-state index in [0.717, 1.165) is 5.56 Å². The first-order valence-electron chi connectivity index (χ1n) is 7.29. The van der Waals surface area contributed by atoms with Crippen molar-refractivity contribution in [1.82, 2.24) is 14.9 Å². The van der Waals surface area contributed by atoms with Gasteiger partial charge in [0, 0.05) is 11.3 Å². The Bertz CT molecular complexity index is 851. The average molecular weight is 342 g/mol. The number of nitrogens with zero attached hydrogens (tertiary/aromatic N) is 3. The zero-order valence-corrected chi connectivity index (χ0v) is 13.8. The first-order valence-corrected chi connectivity index (χ1v) is 8.28. The third kappa shape index (κ3) is 3.80. The van der Waals surface area contributed by atoms with Gasteiger partial charge in [0.05, 0.1) is 0 Å². The third-order valence-corrected chi connectivity index (χ3v) is 4.31. The lowest BCUT2D eigenvalue weighted by atomic mass is 10.2. The second-order valence-electron chi connectivity index (χ2n) is 5.09. The predicted molar refractivity (Wildman–Crippen MR) is 90.9 cm³/mol. The van der Waals surface area contributed by atoms with Gasteiger partial charge in [-0.05, 0) is 30.7 Å². The number of thioether (sulfide) groups is 1. The smallest absolute Gasteiger partial charge is 0.267 e. The lowest BCUT2D eigenvalue weighted by Gasteiger charge is -2.10. The van der Waals surface area contributed by atoms with E-state index in [1.165, 1.54) is 34.6 Å². The van der Waals surface area contributed by atoms with E-state index in [-0.39, 0.29) is 5.56 Å². The van der Waals surface area contributed by atoms with E-state index in [1.807, 2.05) is 30.3 Å². The number of benzene rings is 2. The lowest BCUT2D eigenvalue weighted by molar-refractivity contribution is 0.100. The molecule has 0 atom stereocenters. The minimum atomic E-state index is -0.457. The second-order valence-corrected chi connectivity index (χ2v) is 6.03. The van der Waals surface area contributed by atoms with Crippen molar-refractivity contribution in [2.75, 3.05) is 5.43 Å². The van der Waals surface area contributed by atoms with Gasteiger partial charge in [0.25, 0.3) is 5.91 Å². The minimum Gasteiger partial charge on any atom is -0.267 e. The van der Waals surface area contributed by atoms with Crippen molar-refractivity contribution in [3.63, 3.8) is 0 Å². The van der Waals surface area contributed by atoms with Crippen LogP contribution in [0.25, 0.3) is 0 Å². The van der Waals surface area contributed by atoms with Crippen LogP contribution in [0.3, 0.4) is 0 Å². The molecule has 7 heteroatoms. The standard InChI is InChI=1S/C17H15FN4OS/c1-12-19-20-17(24-11-13-6-3-2-4-7-13)22(12)21-16(23)14-8-5-9-15(18)10-14/h2-10H,11H2,1H3,(H,21,23). The number of carbonyl (C=O) groups is 1. The van der Waals surface area contributed by atoms with E-state index in [9.17, 15) is 9.18 Å². The van der Waals surface area contributed by atoms with Crippen LogP contribution in [0.5, 0.6) is 0 Å². The molecule has 0 aliphatic heterocycles. The molecular formula is C17H15FN4OS. The Labute approximate surface area is 142 Å². The molecule has 1 N–H and O–H groups in total. The summed E-state index contributed by atoms with van der Waals surface area (Å²) < 4.78 is 14.8. The first-order chi connectivity index (χ1) is 11.6. The van der Waals surface area contributed by atoms with Crippen molar-refractivity contribution in [3.05, 3.63) is 77.4 Å². The monoisotopic (exact) mass is 342 g/mol. The molecule has 3 rings (SSSR count). The largest absolute Gasteiger partial charge is 0.270 e. The maximum absolute atomic E-state index is 13.3. The van der Waals surface area contributed by atoms with Gasteiger partial charge in [0.15, 0.2) is 0 Å². The Morgan fingerprint density at radius 1 is 1.17 bits per heavy atom. The van der Waals surface area contributed by atoms with Crippen molar-refractivity contribution in [1.29, 1.82) is 0 Å². The molecule has 1 heterocycles. The third-order valence-electron chi connectivity index (χ3n) is 3.31. The van der Waals surface area contributed by atoms with Crippen LogP contribution in [-0.2, 0) is 5.75 Å². The van der Waals surface area contributed by atoms with E-state index in [1.54, 1.807) is 13.0 Å². The van der Waals surface area contributed by atoms with Crippen LogP contribution < -0.4 is 5.43 Å². The van der Waals surface area contributed by atoms with Gasteiger partial charge in [0.1, 0.15) is 11.6 Å². The van der Waals surface area contributed by atoms with Crippen LogP contribution in [0.1, 0.15) is 21.7 Å². The Morgan fingerprint density at radius 3 is 2.71 bits per heavy atom. The molecule has 3 aromatic rings. The topological polar surface area (TPSA) is 59.8 Å². The van der Waals surface area contributed by atoms with Crippen molar-refractivity contribution in [2.45, 2.75) is 17.8 Å². The van der Waals surface area contributed by atoms with E-state index >= 15 is 0 Å². The highest BCUT2D eigenvalue weighted by molar-refractivity contribution is 7.98. The summed E-state index contributed by atoms with van der Waals surface area (Å²) in [5, 5.41) is 8.65. The van der Waals surface area contributed by atoms with Crippen molar-refractivity contribution in [3.8, 4) is 0 Å². The van der Waals surface area contributed by atoms with E-state index < -0.39 is 11.7 Å². The minimum absolute atomic E-state index is 0.238. The summed E-state index contributed by atoms with van der Waals surface area (Å²) in [6, 6.07) is 15.5. The molecule has 0 spiro atoms. The molecule has 0 saturated heterocycles.